The van der Waals surface area contributed by atoms with Crippen LogP contribution < -0.4 is 5.73 Å². The molecular formula is C20H28NO4P. The minimum absolute atomic E-state index is 0.190. The van der Waals surface area contributed by atoms with E-state index in [1.807, 2.05) is 42.5 Å². The third-order valence-electron chi connectivity index (χ3n) is 4.07. The van der Waals surface area contributed by atoms with E-state index < -0.39 is 19.5 Å². The molecule has 0 aliphatic carbocycles. The molecule has 0 fully saturated rings. The van der Waals surface area contributed by atoms with Crippen molar-refractivity contribution in [2.24, 2.45) is 5.73 Å². The average Bonchev–Trinajstić information content (AvgIpc) is 2.64. The van der Waals surface area contributed by atoms with E-state index in [1.54, 1.807) is 13.8 Å². The van der Waals surface area contributed by atoms with Crippen molar-refractivity contribution in [1.82, 2.24) is 0 Å². The molecule has 0 aromatic heterocycles. The van der Waals surface area contributed by atoms with Crippen molar-refractivity contribution >= 4 is 7.60 Å². The van der Waals surface area contributed by atoms with Crippen molar-refractivity contribution in [2.75, 3.05) is 13.2 Å². The number of aliphatic hydroxyl groups excluding tert-OH is 1. The molecule has 142 valence electrons. The Hall–Kier alpha value is -1.49. The second-order valence-electron chi connectivity index (χ2n) is 6.14. The summed E-state index contributed by atoms with van der Waals surface area (Å²) in [5.74, 6) is -1.36. The quantitative estimate of drug-likeness (QED) is 0.617. The molecule has 3 N–H and O–H groups in total. The highest BCUT2D eigenvalue weighted by Gasteiger charge is 2.38. The number of hydrogen-bond donors (Lipinski definition) is 2. The molecule has 0 saturated heterocycles. The van der Waals surface area contributed by atoms with Crippen LogP contribution in [0.15, 0.2) is 54.6 Å². The molecule has 6 heteroatoms. The van der Waals surface area contributed by atoms with E-state index in [1.165, 1.54) is 11.1 Å². The van der Waals surface area contributed by atoms with E-state index >= 15 is 0 Å². The van der Waals surface area contributed by atoms with E-state index in [4.69, 9.17) is 14.8 Å². The Labute approximate surface area is 155 Å². The summed E-state index contributed by atoms with van der Waals surface area (Å²) in [5, 5.41) is 10.4. The molecule has 5 nitrogen and oxygen atoms in total. The minimum Gasteiger partial charge on any atom is -0.379 e. The first-order chi connectivity index (χ1) is 12.5. The normalized spacial score (nSPS) is 14.2. The fourth-order valence-corrected chi connectivity index (χ4v) is 4.46. The molecule has 0 saturated carbocycles. The van der Waals surface area contributed by atoms with Gasteiger partial charge in [-0.2, -0.15) is 0 Å². The standard InChI is InChI=1S/C20H28NO4P/c1-3-24-26(23,25-4-2)20(22)19(21)15-18-12-10-17(11-13-18)14-16-8-6-5-7-9-16/h5-13,19-20,22H,3-4,14-15,21H2,1-2H3/t19-,20-/m0/s1. The fourth-order valence-electron chi connectivity index (χ4n) is 2.79. The van der Waals surface area contributed by atoms with Crippen molar-refractivity contribution in [3.8, 4) is 0 Å². The van der Waals surface area contributed by atoms with Gasteiger partial charge < -0.3 is 19.9 Å². The maximum absolute atomic E-state index is 12.6. The van der Waals surface area contributed by atoms with Gasteiger partial charge in [0.15, 0.2) is 5.85 Å². The van der Waals surface area contributed by atoms with Crippen LogP contribution in [0.3, 0.4) is 0 Å². The molecule has 2 aromatic rings. The number of hydrogen-bond acceptors (Lipinski definition) is 5. The predicted octanol–water partition coefficient (Wildman–Crippen LogP) is 3.73. The second kappa shape index (κ2) is 10.0. The molecule has 0 heterocycles. The Kier molecular flexibility index (Phi) is 8.01. The number of aliphatic hydroxyl groups is 1. The van der Waals surface area contributed by atoms with Crippen LogP contribution in [0.1, 0.15) is 30.5 Å². The van der Waals surface area contributed by atoms with Crippen LogP contribution in [0.5, 0.6) is 0 Å². The first kappa shape index (κ1) is 20.8. The lowest BCUT2D eigenvalue weighted by molar-refractivity contribution is 0.134. The Morgan fingerprint density at radius 3 is 1.96 bits per heavy atom. The third kappa shape index (κ3) is 5.76. The molecule has 0 aliphatic heterocycles. The molecule has 2 aromatic carbocycles. The van der Waals surface area contributed by atoms with E-state index in [0.29, 0.717) is 6.42 Å². The van der Waals surface area contributed by atoms with Gasteiger partial charge in [0.25, 0.3) is 0 Å². The topological polar surface area (TPSA) is 81.8 Å². The zero-order chi connectivity index (χ0) is 19.0. The number of nitrogens with two attached hydrogens (primary N) is 1. The fraction of sp³-hybridized carbons (Fsp3) is 0.400. The van der Waals surface area contributed by atoms with Crippen molar-refractivity contribution in [3.05, 3.63) is 71.3 Å². The van der Waals surface area contributed by atoms with Gasteiger partial charge in [-0.1, -0.05) is 54.6 Å². The predicted molar refractivity (Wildman–Crippen MR) is 104 cm³/mol. The third-order valence-corrected chi connectivity index (χ3v) is 6.34. The summed E-state index contributed by atoms with van der Waals surface area (Å²) in [6, 6.07) is 17.6. The van der Waals surface area contributed by atoms with Gasteiger partial charge >= 0.3 is 7.60 Å². The van der Waals surface area contributed by atoms with Crippen LogP contribution in [0, 0.1) is 0 Å². The molecule has 0 aliphatic rings. The van der Waals surface area contributed by atoms with Crippen LogP contribution in [0.2, 0.25) is 0 Å². The monoisotopic (exact) mass is 377 g/mol. The van der Waals surface area contributed by atoms with Crippen molar-refractivity contribution < 1.29 is 18.7 Å². The van der Waals surface area contributed by atoms with Gasteiger partial charge in [-0.15, -0.1) is 0 Å². The molecule has 2 atom stereocenters. The second-order valence-corrected chi connectivity index (χ2v) is 8.26. The maximum atomic E-state index is 12.6. The average molecular weight is 377 g/mol. The first-order valence-electron chi connectivity index (χ1n) is 8.92. The first-order valence-corrected chi connectivity index (χ1v) is 10.5. The van der Waals surface area contributed by atoms with Gasteiger partial charge in [-0.05, 0) is 43.4 Å². The Balaban J connectivity index is 2.00. The van der Waals surface area contributed by atoms with Gasteiger partial charge in [-0.25, -0.2) is 0 Å². The van der Waals surface area contributed by atoms with E-state index in [9.17, 15) is 9.67 Å². The SMILES string of the molecule is CCOP(=O)(OCC)[C@H](O)[C@@H](N)Cc1ccc(Cc2ccccc2)cc1. The van der Waals surface area contributed by atoms with E-state index in [-0.39, 0.29) is 13.2 Å². The van der Waals surface area contributed by atoms with Gasteiger partial charge in [0.1, 0.15) is 0 Å². The van der Waals surface area contributed by atoms with E-state index in [0.717, 1.165) is 12.0 Å². The molecule has 0 unspecified atom stereocenters. The van der Waals surface area contributed by atoms with Crippen molar-refractivity contribution in [3.63, 3.8) is 0 Å². The minimum atomic E-state index is -3.63. The van der Waals surface area contributed by atoms with Crippen molar-refractivity contribution in [2.45, 2.75) is 38.6 Å². The maximum Gasteiger partial charge on any atom is 0.360 e. The van der Waals surface area contributed by atoms with Crippen LogP contribution in [0.4, 0.5) is 0 Å². The highest BCUT2D eigenvalue weighted by atomic mass is 31.2. The summed E-state index contributed by atoms with van der Waals surface area (Å²) < 4.78 is 23.0. The lowest BCUT2D eigenvalue weighted by Gasteiger charge is -2.26. The van der Waals surface area contributed by atoms with Gasteiger partial charge in [0.05, 0.1) is 13.2 Å². The molecule has 0 spiro atoms. The van der Waals surface area contributed by atoms with Crippen LogP contribution >= 0.6 is 7.60 Å². The van der Waals surface area contributed by atoms with Crippen molar-refractivity contribution in [1.29, 1.82) is 0 Å². The largest absolute Gasteiger partial charge is 0.379 e. The van der Waals surface area contributed by atoms with E-state index in [2.05, 4.69) is 12.1 Å². The molecule has 2 rings (SSSR count). The molecule has 26 heavy (non-hydrogen) atoms. The highest BCUT2D eigenvalue weighted by Crippen LogP contribution is 2.53. The summed E-state index contributed by atoms with van der Waals surface area (Å²) >= 11 is 0. The van der Waals surface area contributed by atoms with Gasteiger partial charge in [-0.3, -0.25) is 4.57 Å². The highest BCUT2D eigenvalue weighted by molar-refractivity contribution is 7.54. The summed E-state index contributed by atoms with van der Waals surface area (Å²) in [6.07, 6.45) is 1.25. The molecular weight excluding hydrogens is 349 g/mol. The summed E-state index contributed by atoms with van der Waals surface area (Å²) in [5.41, 5.74) is 9.49. The lowest BCUT2D eigenvalue weighted by atomic mass is 10.0. The van der Waals surface area contributed by atoms with Crippen LogP contribution in [-0.2, 0) is 26.5 Å². The van der Waals surface area contributed by atoms with Gasteiger partial charge in [0, 0.05) is 6.04 Å². The molecule has 0 amide bonds. The van der Waals surface area contributed by atoms with Crippen LogP contribution in [0.25, 0.3) is 0 Å². The Bertz CT molecular complexity index is 696. The number of benzene rings is 2. The Morgan fingerprint density at radius 1 is 0.923 bits per heavy atom. The smallest absolute Gasteiger partial charge is 0.360 e. The molecule has 0 bridgehead atoms. The van der Waals surface area contributed by atoms with Crippen LogP contribution in [-0.4, -0.2) is 30.2 Å². The molecule has 0 radical (unpaired) electrons. The summed E-state index contributed by atoms with van der Waals surface area (Å²) in [6.45, 7) is 3.79. The van der Waals surface area contributed by atoms with Gasteiger partial charge in [0.2, 0.25) is 0 Å². The zero-order valence-electron chi connectivity index (χ0n) is 15.4. The number of rotatable bonds is 10. The summed E-state index contributed by atoms with van der Waals surface area (Å²) in [7, 11) is -3.63. The Morgan fingerprint density at radius 2 is 1.42 bits per heavy atom. The lowest BCUT2D eigenvalue weighted by Crippen LogP contribution is -2.37. The summed E-state index contributed by atoms with van der Waals surface area (Å²) in [4.78, 5) is 0. The zero-order valence-corrected chi connectivity index (χ0v) is 16.3.